The van der Waals surface area contributed by atoms with Crippen LogP contribution in [0.1, 0.15) is 64.3 Å². The quantitative estimate of drug-likeness (QED) is 0.571. The highest BCUT2D eigenvalue weighted by molar-refractivity contribution is 5.92. The van der Waals surface area contributed by atoms with Crippen LogP contribution in [0.5, 0.6) is 0 Å². The number of benzene rings is 1. The number of alkyl carbamates (subject to hydrolysis) is 1. The minimum atomic E-state index is -1.04. The van der Waals surface area contributed by atoms with E-state index in [0.29, 0.717) is 5.56 Å². The summed E-state index contributed by atoms with van der Waals surface area (Å²) in [5.74, 6) is -1.00. The first-order valence-corrected chi connectivity index (χ1v) is 9.79. The first-order valence-electron chi connectivity index (χ1n) is 9.79. The average molecular weight is 416 g/mol. The fourth-order valence-corrected chi connectivity index (χ4v) is 2.81. The first-order chi connectivity index (χ1) is 13.6. The van der Waals surface area contributed by atoms with Crippen molar-refractivity contribution >= 4 is 17.9 Å². The van der Waals surface area contributed by atoms with Crippen LogP contribution >= 0.6 is 0 Å². The largest absolute Gasteiger partial charge is 0.444 e. The molecule has 7 heteroatoms. The van der Waals surface area contributed by atoms with E-state index in [2.05, 4.69) is 16.7 Å². The SMILES string of the molecule is C#CN(C(=O)CNC(=O)OC(C)(C)C)C(C(=O)NC(C)(C)C)c1ccc(C)cc1C. The van der Waals surface area contributed by atoms with Crippen LogP contribution in [-0.4, -0.2) is 40.5 Å². The summed E-state index contributed by atoms with van der Waals surface area (Å²) in [6.07, 6.45) is 4.89. The van der Waals surface area contributed by atoms with Gasteiger partial charge in [0.15, 0.2) is 0 Å². The number of rotatable bonds is 5. The minimum absolute atomic E-state index is 0.399. The summed E-state index contributed by atoms with van der Waals surface area (Å²) in [6, 6.07) is 6.84. The number of ether oxygens (including phenoxy) is 1. The predicted octanol–water partition coefficient (Wildman–Crippen LogP) is 3.20. The molecule has 0 aliphatic heterocycles. The third-order valence-corrected chi connectivity index (χ3v) is 3.92. The molecular weight excluding hydrogens is 382 g/mol. The second kappa shape index (κ2) is 9.66. The molecule has 0 aliphatic carbocycles. The van der Waals surface area contributed by atoms with E-state index in [0.717, 1.165) is 16.0 Å². The van der Waals surface area contributed by atoms with Crippen molar-refractivity contribution in [3.63, 3.8) is 0 Å². The van der Waals surface area contributed by atoms with Gasteiger partial charge >= 0.3 is 6.09 Å². The Morgan fingerprint density at radius 3 is 2.20 bits per heavy atom. The van der Waals surface area contributed by atoms with Gasteiger partial charge in [0.2, 0.25) is 5.91 Å². The zero-order valence-corrected chi connectivity index (χ0v) is 19.2. The molecule has 0 bridgehead atoms. The molecule has 1 unspecified atom stereocenters. The molecule has 2 N–H and O–H groups in total. The van der Waals surface area contributed by atoms with Crippen molar-refractivity contribution in [1.29, 1.82) is 0 Å². The van der Waals surface area contributed by atoms with Gasteiger partial charge in [-0.1, -0.05) is 30.2 Å². The highest BCUT2D eigenvalue weighted by Crippen LogP contribution is 2.26. The lowest BCUT2D eigenvalue weighted by molar-refractivity contribution is -0.137. The molecule has 30 heavy (non-hydrogen) atoms. The number of aryl methyl sites for hydroxylation is 2. The van der Waals surface area contributed by atoms with E-state index in [-0.39, 0.29) is 0 Å². The van der Waals surface area contributed by atoms with Crippen molar-refractivity contribution in [1.82, 2.24) is 15.5 Å². The Morgan fingerprint density at radius 2 is 1.73 bits per heavy atom. The summed E-state index contributed by atoms with van der Waals surface area (Å²) < 4.78 is 5.14. The molecule has 0 fully saturated rings. The van der Waals surface area contributed by atoms with E-state index in [1.54, 1.807) is 26.8 Å². The van der Waals surface area contributed by atoms with Crippen molar-refractivity contribution in [2.24, 2.45) is 0 Å². The molecular formula is C23H33N3O4. The van der Waals surface area contributed by atoms with Gasteiger partial charge in [0.05, 0.1) is 0 Å². The monoisotopic (exact) mass is 415 g/mol. The van der Waals surface area contributed by atoms with Gasteiger partial charge in [-0.05, 0) is 66.5 Å². The smallest absolute Gasteiger partial charge is 0.408 e. The number of nitrogens with zero attached hydrogens (tertiary/aromatic N) is 1. The number of carbonyl (C=O) groups is 3. The van der Waals surface area contributed by atoms with Crippen LogP contribution in [0.3, 0.4) is 0 Å². The zero-order valence-electron chi connectivity index (χ0n) is 19.2. The molecule has 0 heterocycles. The van der Waals surface area contributed by atoms with E-state index >= 15 is 0 Å². The molecule has 1 rings (SSSR count). The van der Waals surface area contributed by atoms with Crippen molar-refractivity contribution in [3.05, 3.63) is 34.9 Å². The summed E-state index contributed by atoms with van der Waals surface area (Å²) in [4.78, 5) is 38.9. The van der Waals surface area contributed by atoms with E-state index in [9.17, 15) is 14.4 Å². The molecule has 1 atom stereocenters. The van der Waals surface area contributed by atoms with Gasteiger partial charge in [0, 0.05) is 11.6 Å². The van der Waals surface area contributed by atoms with Crippen LogP contribution in [-0.2, 0) is 14.3 Å². The standard InChI is InChI=1S/C23H33N3O4/c1-10-26(18(27)14-24-21(29)30-23(7,8)9)19(20(28)25-22(4,5)6)17-12-11-15(2)13-16(17)3/h1,11-13,19H,14H2,2-9H3,(H,24,29)(H,25,28). The third-order valence-electron chi connectivity index (χ3n) is 3.92. The first kappa shape index (κ1) is 25.0. The molecule has 0 aliphatic rings. The summed E-state index contributed by atoms with van der Waals surface area (Å²) in [6.45, 7) is 14.1. The fraction of sp³-hybridized carbons (Fsp3) is 0.522. The fourth-order valence-electron chi connectivity index (χ4n) is 2.81. The summed E-state index contributed by atoms with van der Waals surface area (Å²) in [5.41, 5.74) is 1.25. The van der Waals surface area contributed by atoms with Crippen molar-refractivity contribution in [2.45, 2.75) is 72.6 Å². The summed E-state index contributed by atoms with van der Waals surface area (Å²) >= 11 is 0. The molecule has 0 saturated heterocycles. The minimum Gasteiger partial charge on any atom is -0.444 e. The lowest BCUT2D eigenvalue weighted by Crippen LogP contribution is -2.50. The molecule has 164 valence electrons. The van der Waals surface area contributed by atoms with Crippen LogP contribution in [0.4, 0.5) is 4.79 Å². The topological polar surface area (TPSA) is 87.7 Å². The normalized spacial score (nSPS) is 12.4. The molecule has 0 aromatic heterocycles. The molecule has 0 spiro atoms. The number of carbonyl (C=O) groups excluding carboxylic acids is 3. The second-order valence-electron chi connectivity index (χ2n) is 9.25. The van der Waals surface area contributed by atoms with Crippen molar-refractivity contribution in [2.75, 3.05) is 6.54 Å². The number of hydrogen-bond acceptors (Lipinski definition) is 4. The Bertz CT molecular complexity index is 841. The molecule has 1 aromatic carbocycles. The van der Waals surface area contributed by atoms with Gasteiger partial charge in [-0.3, -0.25) is 14.5 Å². The Morgan fingerprint density at radius 1 is 1.13 bits per heavy atom. The van der Waals surface area contributed by atoms with E-state index in [1.165, 1.54) is 0 Å². The van der Waals surface area contributed by atoms with Gasteiger partial charge in [-0.15, -0.1) is 0 Å². The van der Waals surface area contributed by atoms with Crippen LogP contribution in [0.15, 0.2) is 18.2 Å². The zero-order chi connectivity index (χ0) is 23.3. The van der Waals surface area contributed by atoms with E-state index < -0.39 is 41.6 Å². The van der Waals surface area contributed by atoms with E-state index in [4.69, 9.17) is 11.2 Å². The Labute approximate surface area is 179 Å². The van der Waals surface area contributed by atoms with Crippen LogP contribution in [0, 0.1) is 26.3 Å². The van der Waals surface area contributed by atoms with Crippen LogP contribution in [0.2, 0.25) is 0 Å². The highest BCUT2D eigenvalue weighted by atomic mass is 16.6. The molecule has 1 aromatic rings. The van der Waals surface area contributed by atoms with Gasteiger partial charge in [-0.25, -0.2) is 4.79 Å². The number of amides is 3. The maximum absolute atomic E-state index is 13.1. The lowest BCUT2D eigenvalue weighted by Gasteiger charge is -2.31. The summed E-state index contributed by atoms with van der Waals surface area (Å²) in [7, 11) is 0. The molecule has 0 radical (unpaired) electrons. The van der Waals surface area contributed by atoms with Gasteiger partial charge in [0.1, 0.15) is 18.2 Å². The molecule has 0 saturated carbocycles. The third kappa shape index (κ3) is 7.78. The predicted molar refractivity (Wildman–Crippen MR) is 116 cm³/mol. The Balaban J connectivity index is 3.19. The molecule has 7 nitrogen and oxygen atoms in total. The van der Waals surface area contributed by atoms with Crippen molar-refractivity contribution < 1.29 is 19.1 Å². The number of hydrogen-bond donors (Lipinski definition) is 2. The van der Waals surface area contributed by atoms with E-state index in [1.807, 2.05) is 46.8 Å². The summed E-state index contributed by atoms with van der Waals surface area (Å²) in [5, 5.41) is 5.28. The van der Waals surface area contributed by atoms with Gasteiger partial charge in [0.25, 0.3) is 5.91 Å². The van der Waals surface area contributed by atoms with Gasteiger partial charge in [-0.2, -0.15) is 0 Å². The lowest BCUT2D eigenvalue weighted by atomic mass is 9.96. The van der Waals surface area contributed by atoms with Gasteiger partial charge < -0.3 is 15.4 Å². The second-order valence-corrected chi connectivity index (χ2v) is 9.25. The average Bonchev–Trinajstić information content (AvgIpc) is 2.55. The number of terminal acetylenes is 1. The molecule has 3 amide bonds. The Hall–Kier alpha value is -3.01. The Kier molecular flexibility index (Phi) is 8.06. The maximum atomic E-state index is 13.1. The van der Waals surface area contributed by atoms with Crippen LogP contribution < -0.4 is 10.6 Å². The van der Waals surface area contributed by atoms with Crippen LogP contribution in [0.25, 0.3) is 0 Å². The van der Waals surface area contributed by atoms with Crippen molar-refractivity contribution in [3.8, 4) is 12.5 Å². The highest BCUT2D eigenvalue weighted by Gasteiger charge is 2.33. The maximum Gasteiger partial charge on any atom is 0.408 e. The number of nitrogens with one attached hydrogen (secondary N) is 2.